The number of carbonyl (C=O) groups is 1. The first kappa shape index (κ1) is 17.5. The lowest BCUT2D eigenvalue weighted by molar-refractivity contribution is -0.217. The molecule has 0 unspecified atom stereocenters. The Morgan fingerprint density at radius 2 is 1.87 bits per heavy atom. The van der Waals surface area contributed by atoms with Crippen molar-refractivity contribution in [3.05, 3.63) is 39.7 Å². The monoisotopic (exact) mass is 342 g/mol. The first-order valence-corrected chi connectivity index (χ1v) is 7.01. The van der Waals surface area contributed by atoms with Crippen LogP contribution in [0.5, 0.6) is 0 Å². The third kappa shape index (κ3) is 3.56. The molecule has 0 aromatic heterocycles. The minimum Gasteiger partial charge on any atom is -0.387 e. The van der Waals surface area contributed by atoms with Gasteiger partial charge >= 0.3 is 0 Å². The first-order chi connectivity index (χ1) is 10.9. The molecule has 1 aliphatic heterocycles. The van der Waals surface area contributed by atoms with Crippen LogP contribution in [0.15, 0.2) is 29.4 Å². The van der Waals surface area contributed by atoms with Gasteiger partial charge in [-0.2, -0.15) is 0 Å². The topological polar surface area (TPSA) is 139 Å². The van der Waals surface area contributed by atoms with Crippen molar-refractivity contribution in [1.82, 2.24) is 0 Å². The number of aliphatic hydroxyl groups excluding tert-OH is 3. The Morgan fingerprint density at radius 3 is 2.43 bits per heavy atom. The molecule has 0 bridgehead atoms. The van der Waals surface area contributed by atoms with Gasteiger partial charge in [0.05, 0.1) is 0 Å². The zero-order chi connectivity index (χ0) is 17.1. The number of rotatable bonds is 3. The van der Waals surface area contributed by atoms with Crippen molar-refractivity contribution in [2.24, 2.45) is 5.11 Å². The summed E-state index contributed by atoms with van der Waals surface area (Å²) in [6.45, 7) is 0. The van der Waals surface area contributed by atoms with Crippen LogP contribution in [-0.2, 0) is 9.53 Å². The van der Waals surface area contributed by atoms with E-state index < -0.39 is 36.6 Å². The number of nitrogens with zero attached hydrogens (tertiary/aromatic N) is 4. The number of hydrogen-bond acceptors (Lipinski definition) is 6. The van der Waals surface area contributed by atoms with Crippen LogP contribution in [0.2, 0.25) is 5.02 Å². The third-order valence-corrected chi connectivity index (χ3v) is 3.79. The lowest BCUT2D eigenvalue weighted by Gasteiger charge is -2.39. The van der Waals surface area contributed by atoms with Gasteiger partial charge in [0.25, 0.3) is 5.91 Å². The van der Waals surface area contributed by atoms with Crippen LogP contribution in [0.25, 0.3) is 10.4 Å². The molecule has 9 nitrogen and oxygen atoms in total. The molecule has 0 saturated carbocycles. The van der Waals surface area contributed by atoms with Gasteiger partial charge in [0, 0.05) is 22.7 Å². The van der Waals surface area contributed by atoms with Crippen LogP contribution in [0.1, 0.15) is 0 Å². The highest BCUT2D eigenvalue weighted by atomic mass is 35.5. The summed E-state index contributed by atoms with van der Waals surface area (Å²) >= 11 is 5.78. The van der Waals surface area contributed by atoms with Crippen LogP contribution < -0.4 is 4.90 Å². The Labute approximate surface area is 136 Å². The van der Waals surface area contributed by atoms with Crippen molar-refractivity contribution in [1.29, 1.82) is 0 Å². The van der Waals surface area contributed by atoms with Gasteiger partial charge in [0.15, 0.2) is 12.3 Å². The summed E-state index contributed by atoms with van der Waals surface area (Å²) in [5.74, 6) is -0.677. The van der Waals surface area contributed by atoms with Crippen LogP contribution >= 0.6 is 11.6 Å². The number of anilines is 1. The molecule has 1 aromatic carbocycles. The standard InChI is InChI=1S/C13H15ClN4O5/c1-18(7-4-2-6(14)3-5-7)13(22)11-9(20)8(19)10(21)12(23-11)16-17-15/h2-5,8-12,19-21H,1H3/t8-,9-,10+,11-,12-/m0/s1. The first-order valence-electron chi connectivity index (χ1n) is 6.64. The van der Waals surface area contributed by atoms with E-state index in [9.17, 15) is 20.1 Å². The summed E-state index contributed by atoms with van der Waals surface area (Å²) in [6.07, 6.45) is -7.97. The molecule has 5 atom stereocenters. The van der Waals surface area contributed by atoms with E-state index >= 15 is 0 Å². The van der Waals surface area contributed by atoms with Crippen molar-refractivity contribution in [3.8, 4) is 0 Å². The van der Waals surface area contributed by atoms with Crippen LogP contribution in [-0.4, -0.2) is 58.9 Å². The van der Waals surface area contributed by atoms with Crippen molar-refractivity contribution in [3.63, 3.8) is 0 Å². The SMILES string of the molecule is CN(C(=O)[C@H]1O[C@H](N=[N+]=[N-])[C@H](O)[C@@H](O)[C@@H]1O)c1ccc(Cl)cc1. The fourth-order valence-corrected chi connectivity index (χ4v) is 2.32. The number of ether oxygens (including phenoxy) is 1. The van der Waals surface area contributed by atoms with Gasteiger partial charge in [0.1, 0.15) is 18.3 Å². The molecule has 0 spiro atoms. The lowest BCUT2D eigenvalue weighted by atomic mass is 9.97. The highest BCUT2D eigenvalue weighted by molar-refractivity contribution is 6.30. The molecule has 0 radical (unpaired) electrons. The summed E-state index contributed by atoms with van der Waals surface area (Å²) in [6, 6.07) is 6.34. The third-order valence-electron chi connectivity index (χ3n) is 3.54. The largest absolute Gasteiger partial charge is 0.387 e. The van der Waals surface area contributed by atoms with E-state index in [2.05, 4.69) is 10.0 Å². The van der Waals surface area contributed by atoms with Gasteiger partial charge in [-0.25, -0.2) is 0 Å². The maximum atomic E-state index is 12.5. The molecular formula is C13H15ClN4O5. The maximum Gasteiger partial charge on any atom is 0.258 e. The molecule has 1 heterocycles. The van der Waals surface area contributed by atoms with E-state index in [1.54, 1.807) is 24.3 Å². The van der Waals surface area contributed by atoms with E-state index in [-0.39, 0.29) is 0 Å². The second-order valence-electron chi connectivity index (χ2n) is 5.00. The summed E-state index contributed by atoms with van der Waals surface area (Å²) in [5, 5.41) is 33.1. The zero-order valence-electron chi connectivity index (χ0n) is 12.0. The minimum absolute atomic E-state index is 0.483. The van der Waals surface area contributed by atoms with E-state index in [4.69, 9.17) is 21.9 Å². The van der Waals surface area contributed by atoms with Gasteiger partial charge in [0.2, 0.25) is 0 Å². The van der Waals surface area contributed by atoms with Gasteiger partial charge in [-0.3, -0.25) is 4.79 Å². The fraction of sp³-hybridized carbons (Fsp3) is 0.462. The molecule has 1 saturated heterocycles. The van der Waals surface area contributed by atoms with Crippen molar-refractivity contribution >= 4 is 23.2 Å². The quantitative estimate of drug-likeness (QED) is 0.415. The average molecular weight is 343 g/mol. The summed E-state index contributed by atoms with van der Waals surface area (Å²) < 4.78 is 5.15. The highest BCUT2D eigenvalue weighted by Gasteiger charge is 2.47. The molecule has 124 valence electrons. The molecule has 2 rings (SSSR count). The Kier molecular flexibility index (Phi) is 5.42. The smallest absolute Gasteiger partial charge is 0.258 e. The highest BCUT2D eigenvalue weighted by Crippen LogP contribution is 2.25. The number of hydrogen-bond donors (Lipinski definition) is 3. The molecule has 1 amide bonds. The second-order valence-corrected chi connectivity index (χ2v) is 5.43. The molecule has 0 aliphatic carbocycles. The van der Waals surface area contributed by atoms with E-state index in [1.165, 1.54) is 11.9 Å². The van der Waals surface area contributed by atoms with Crippen molar-refractivity contribution in [2.75, 3.05) is 11.9 Å². The fourth-order valence-electron chi connectivity index (χ4n) is 2.19. The number of likely N-dealkylation sites (N-methyl/N-ethyl adjacent to an activating group) is 1. The molecule has 1 aromatic rings. The molecule has 10 heteroatoms. The van der Waals surface area contributed by atoms with Crippen LogP contribution in [0.3, 0.4) is 0 Å². The van der Waals surface area contributed by atoms with Gasteiger partial charge in [-0.15, -0.1) is 0 Å². The number of amides is 1. The summed E-state index contributed by atoms with van der Waals surface area (Å²) in [7, 11) is 1.45. The predicted octanol–water partition coefficient (Wildman–Crippen LogP) is 0.421. The number of halogens is 1. The van der Waals surface area contributed by atoms with Gasteiger partial charge in [-0.05, 0) is 29.8 Å². The number of carbonyl (C=O) groups excluding carboxylic acids is 1. The molecule has 23 heavy (non-hydrogen) atoms. The molecular weight excluding hydrogens is 328 g/mol. The summed E-state index contributed by atoms with van der Waals surface area (Å²) in [4.78, 5) is 16.2. The van der Waals surface area contributed by atoms with E-state index in [0.29, 0.717) is 10.7 Å². The van der Waals surface area contributed by atoms with E-state index in [0.717, 1.165) is 0 Å². The van der Waals surface area contributed by atoms with E-state index in [1.807, 2.05) is 0 Å². The molecule has 1 fully saturated rings. The Bertz CT molecular complexity index is 621. The Hall–Kier alpha value is -1.87. The average Bonchev–Trinajstić information content (AvgIpc) is 2.55. The number of aliphatic hydroxyl groups is 3. The van der Waals surface area contributed by atoms with Crippen molar-refractivity contribution in [2.45, 2.75) is 30.6 Å². The van der Waals surface area contributed by atoms with Crippen molar-refractivity contribution < 1.29 is 24.9 Å². The Balaban J connectivity index is 2.22. The van der Waals surface area contributed by atoms with Crippen LogP contribution in [0.4, 0.5) is 5.69 Å². The normalized spacial score (nSPS) is 30.4. The number of azide groups is 1. The molecule has 1 aliphatic rings. The second kappa shape index (κ2) is 7.14. The lowest BCUT2D eigenvalue weighted by Crippen LogP contribution is -2.61. The summed E-state index contributed by atoms with van der Waals surface area (Å²) in [5.41, 5.74) is 8.92. The predicted molar refractivity (Wildman–Crippen MR) is 80.7 cm³/mol. The van der Waals surface area contributed by atoms with Crippen LogP contribution in [0, 0.1) is 0 Å². The van der Waals surface area contributed by atoms with Gasteiger partial charge in [-0.1, -0.05) is 16.7 Å². The maximum absolute atomic E-state index is 12.5. The van der Waals surface area contributed by atoms with Gasteiger partial charge < -0.3 is 25.0 Å². The number of benzene rings is 1. The Morgan fingerprint density at radius 1 is 1.26 bits per heavy atom. The molecule has 3 N–H and O–H groups in total. The minimum atomic E-state index is -1.69. The zero-order valence-corrected chi connectivity index (χ0v) is 12.8.